The SMILES string of the molecule is CN(N/C=C\C(=O)c1ccccc1)c1ccccc1. The molecule has 0 aliphatic rings. The molecule has 0 unspecified atom stereocenters. The summed E-state index contributed by atoms with van der Waals surface area (Å²) in [6.07, 6.45) is 3.16. The second-order valence-electron chi connectivity index (χ2n) is 4.09. The maximum Gasteiger partial charge on any atom is 0.187 e. The van der Waals surface area contributed by atoms with Crippen LogP contribution in [0.1, 0.15) is 10.4 Å². The molecule has 3 nitrogen and oxygen atoms in total. The van der Waals surface area contributed by atoms with Crippen LogP contribution in [-0.4, -0.2) is 12.8 Å². The summed E-state index contributed by atoms with van der Waals surface area (Å²) in [5.74, 6) is -0.0189. The number of nitrogens with zero attached hydrogens (tertiary/aromatic N) is 1. The number of hydrogen-bond donors (Lipinski definition) is 1. The maximum absolute atomic E-state index is 11.8. The van der Waals surface area contributed by atoms with Gasteiger partial charge in [0.1, 0.15) is 0 Å². The zero-order valence-corrected chi connectivity index (χ0v) is 10.8. The van der Waals surface area contributed by atoms with Gasteiger partial charge in [0.05, 0.1) is 5.69 Å². The van der Waals surface area contributed by atoms with Gasteiger partial charge in [0.2, 0.25) is 0 Å². The molecular weight excluding hydrogens is 236 g/mol. The first-order chi connectivity index (χ1) is 9.27. The lowest BCUT2D eigenvalue weighted by atomic mass is 10.1. The van der Waals surface area contributed by atoms with E-state index in [4.69, 9.17) is 0 Å². The van der Waals surface area contributed by atoms with Crippen LogP contribution in [0.4, 0.5) is 5.69 Å². The van der Waals surface area contributed by atoms with Gasteiger partial charge in [-0.25, -0.2) is 0 Å². The van der Waals surface area contributed by atoms with Crippen LogP contribution in [0.25, 0.3) is 0 Å². The Morgan fingerprint density at radius 2 is 1.58 bits per heavy atom. The van der Waals surface area contributed by atoms with Crippen molar-refractivity contribution in [1.29, 1.82) is 0 Å². The number of ketones is 1. The number of anilines is 1. The molecule has 0 aromatic heterocycles. The highest BCUT2D eigenvalue weighted by Gasteiger charge is 1.99. The van der Waals surface area contributed by atoms with E-state index < -0.39 is 0 Å². The van der Waals surface area contributed by atoms with E-state index >= 15 is 0 Å². The molecule has 96 valence electrons. The van der Waals surface area contributed by atoms with E-state index in [0.717, 1.165) is 5.69 Å². The minimum absolute atomic E-state index is 0.0189. The molecule has 2 aromatic carbocycles. The molecule has 0 saturated heterocycles. The van der Waals surface area contributed by atoms with Gasteiger partial charge < -0.3 is 5.43 Å². The maximum atomic E-state index is 11.8. The lowest BCUT2D eigenvalue weighted by molar-refractivity contribution is 0.104. The van der Waals surface area contributed by atoms with Crippen molar-refractivity contribution < 1.29 is 4.79 Å². The van der Waals surface area contributed by atoms with E-state index in [9.17, 15) is 4.79 Å². The van der Waals surface area contributed by atoms with Crippen molar-refractivity contribution in [3.63, 3.8) is 0 Å². The summed E-state index contributed by atoms with van der Waals surface area (Å²) >= 11 is 0. The van der Waals surface area contributed by atoms with Crippen molar-refractivity contribution in [2.24, 2.45) is 0 Å². The summed E-state index contributed by atoms with van der Waals surface area (Å²) < 4.78 is 0. The van der Waals surface area contributed by atoms with Crippen LogP contribution in [0, 0.1) is 0 Å². The van der Waals surface area contributed by atoms with Crippen LogP contribution >= 0.6 is 0 Å². The minimum atomic E-state index is -0.0189. The van der Waals surface area contributed by atoms with E-state index in [1.165, 1.54) is 6.08 Å². The van der Waals surface area contributed by atoms with Crippen LogP contribution < -0.4 is 10.4 Å². The third kappa shape index (κ3) is 3.71. The summed E-state index contributed by atoms with van der Waals surface area (Å²) in [5.41, 5.74) is 4.74. The lowest BCUT2D eigenvalue weighted by Gasteiger charge is -2.18. The van der Waals surface area contributed by atoms with Crippen LogP contribution in [0.2, 0.25) is 0 Å². The Labute approximate surface area is 113 Å². The number of benzene rings is 2. The molecule has 0 radical (unpaired) electrons. The summed E-state index contributed by atoms with van der Waals surface area (Å²) in [7, 11) is 1.90. The topological polar surface area (TPSA) is 32.3 Å². The first kappa shape index (κ1) is 12.9. The van der Waals surface area contributed by atoms with Crippen molar-refractivity contribution >= 4 is 11.5 Å². The third-order valence-electron chi connectivity index (χ3n) is 2.70. The highest BCUT2D eigenvalue weighted by molar-refractivity contribution is 6.04. The summed E-state index contributed by atoms with van der Waals surface area (Å²) in [5, 5.41) is 1.84. The molecule has 2 rings (SSSR count). The Hall–Kier alpha value is -2.55. The number of hydrazine groups is 1. The molecule has 0 fully saturated rings. The van der Waals surface area contributed by atoms with Gasteiger partial charge in [0, 0.05) is 24.9 Å². The van der Waals surface area contributed by atoms with Gasteiger partial charge in [-0.3, -0.25) is 9.80 Å². The Morgan fingerprint density at radius 1 is 1.00 bits per heavy atom. The molecule has 2 aromatic rings. The fraction of sp³-hybridized carbons (Fsp3) is 0.0625. The number of allylic oxidation sites excluding steroid dienone is 1. The zero-order valence-electron chi connectivity index (χ0n) is 10.8. The van der Waals surface area contributed by atoms with Gasteiger partial charge in [0.25, 0.3) is 0 Å². The Bertz CT molecular complexity index is 549. The fourth-order valence-electron chi connectivity index (χ4n) is 1.65. The quantitative estimate of drug-likeness (QED) is 0.504. The number of carbonyl (C=O) groups excluding carboxylic acids is 1. The van der Waals surface area contributed by atoms with Crippen LogP contribution in [0.15, 0.2) is 72.9 Å². The largest absolute Gasteiger partial charge is 0.306 e. The second kappa shape index (κ2) is 6.40. The average molecular weight is 252 g/mol. The summed E-state index contributed by atoms with van der Waals surface area (Å²) in [6, 6.07) is 19.1. The van der Waals surface area contributed by atoms with E-state index in [1.807, 2.05) is 60.6 Å². The highest BCUT2D eigenvalue weighted by Crippen LogP contribution is 2.08. The van der Waals surface area contributed by atoms with Crippen LogP contribution in [0.3, 0.4) is 0 Å². The van der Waals surface area contributed by atoms with Gasteiger partial charge >= 0.3 is 0 Å². The fourth-order valence-corrected chi connectivity index (χ4v) is 1.65. The highest BCUT2D eigenvalue weighted by atomic mass is 16.1. The van der Waals surface area contributed by atoms with Crippen molar-refractivity contribution in [2.75, 3.05) is 12.1 Å². The van der Waals surface area contributed by atoms with Gasteiger partial charge in [0.15, 0.2) is 5.78 Å². The number of hydrogen-bond acceptors (Lipinski definition) is 3. The predicted molar refractivity (Wildman–Crippen MR) is 77.9 cm³/mol. The summed E-state index contributed by atoms with van der Waals surface area (Å²) in [6.45, 7) is 0. The van der Waals surface area contributed by atoms with Crippen molar-refractivity contribution in [2.45, 2.75) is 0 Å². The molecule has 0 aliphatic heterocycles. The molecule has 0 aliphatic carbocycles. The molecule has 0 bridgehead atoms. The zero-order chi connectivity index (χ0) is 13.5. The average Bonchev–Trinajstić information content (AvgIpc) is 2.49. The third-order valence-corrected chi connectivity index (χ3v) is 2.70. The monoisotopic (exact) mass is 252 g/mol. The molecule has 0 heterocycles. The molecule has 19 heavy (non-hydrogen) atoms. The van der Waals surface area contributed by atoms with E-state index in [1.54, 1.807) is 18.3 Å². The number of rotatable bonds is 5. The van der Waals surface area contributed by atoms with Gasteiger partial charge in [-0.1, -0.05) is 48.5 Å². The number of carbonyl (C=O) groups is 1. The van der Waals surface area contributed by atoms with Crippen LogP contribution in [-0.2, 0) is 0 Å². The van der Waals surface area contributed by atoms with Gasteiger partial charge in [-0.2, -0.15) is 0 Å². The number of para-hydroxylation sites is 1. The van der Waals surface area contributed by atoms with Gasteiger partial charge in [-0.15, -0.1) is 0 Å². The molecule has 1 N–H and O–H groups in total. The first-order valence-corrected chi connectivity index (χ1v) is 6.08. The van der Waals surface area contributed by atoms with Crippen molar-refractivity contribution in [3.8, 4) is 0 Å². The smallest absolute Gasteiger partial charge is 0.187 e. The molecule has 0 amide bonds. The molecule has 0 spiro atoms. The Morgan fingerprint density at radius 3 is 2.21 bits per heavy atom. The molecule has 0 atom stereocenters. The number of nitrogens with one attached hydrogen (secondary N) is 1. The standard InChI is InChI=1S/C16H16N2O/c1-18(15-10-6-3-7-11-15)17-13-12-16(19)14-8-4-2-5-9-14/h2-13,17H,1H3/b13-12-. The van der Waals surface area contributed by atoms with Gasteiger partial charge in [-0.05, 0) is 12.1 Å². The van der Waals surface area contributed by atoms with Crippen molar-refractivity contribution in [3.05, 3.63) is 78.5 Å². The Balaban J connectivity index is 1.92. The Kier molecular flexibility index (Phi) is 4.34. The van der Waals surface area contributed by atoms with E-state index in [2.05, 4.69) is 5.43 Å². The predicted octanol–water partition coefficient (Wildman–Crippen LogP) is 3.02. The molecular formula is C16H16N2O. The minimum Gasteiger partial charge on any atom is -0.306 e. The summed E-state index contributed by atoms with van der Waals surface area (Å²) in [4.78, 5) is 11.8. The first-order valence-electron chi connectivity index (χ1n) is 6.08. The van der Waals surface area contributed by atoms with Crippen molar-refractivity contribution in [1.82, 2.24) is 5.43 Å². The second-order valence-corrected chi connectivity index (χ2v) is 4.09. The van der Waals surface area contributed by atoms with E-state index in [0.29, 0.717) is 5.56 Å². The van der Waals surface area contributed by atoms with Crippen LogP contribution in [0.5, 0.6) is 0 Å². The normalized spacial score (nSPS) is 10.4. The van der Waals surface area contributed by atoms with E-state index in [-0.39, 0.29) is 5.78 Å². The lowest BCUT2D eigenvalue weighted by Crippen LogP contribution is -2.29. The molecule has 3 heteroatoms. The molecule has 0 saturated carbocycles.